The number of aromatic nitrogens is 1. The topological polar surface area (TPSA) is 53.4 Å². The van der Waals surface area contributed by atoms with Crippen LogP contribution in [0.4, 0.5) is 5.13 Å². The smallest absolute Gasteiger partial charge is 0.347 e. The summed E-state index contributed by atoms with van der Waals surface area (Å²) in [4.78, 5) is 18.8. The molecule has 0 atom stereocenters. The molecule has 1 aromatic rings. The van der Waals surface area contributed by atoms with Crippen LogP contribution in [0.15, 0.2) is 0 Å². The third-order valence-corrected chi connectivity index (χ3v) is 4.67. The lowest BCUT2D eigenvalue weighted by atomic mass is 10.1. The van der Waals surface area contributed by atoms with E-state index in [2.05, 4.69) is 37.6 Å². The van der Waals surface area contributed by atoms with E-state index in [9.17, 15) is 9.90 Å². The SMILES string of the molecule is CCC(CC)N(CC(C)C)c1nc(C(C)C)c(C(=O)O)s1. The number of thiazole rings is 1. The average Bonchev–Trinajstić information content (AvgIpc) is 2.83. The van der Waals surface area contributed by atoms with Gasteiger partial charge in [0.2, 0.25) is 0 Å². The molecule has 120 valence electrons. The van der Waals surface area contributed by atoms with Gasteiger partial charge in [0.05, 0.1) is 5.69 Å². The minimum atomic E-state index is -0.864. The van der Waals surface area contributed by atoms with E-state index in [1.807, 2.05) is 13.8 Å². The van der Waals surface area contributed by atoms with Gasteiger partial charge in [-0.1, -0.05) is 52.9 Å². The summed E-state index contributed by atoms with van der Waals surface area (Å²) in [7, 11) is 0. The first-order valence-corrected chi connectivity index (χ1v) is 8.63. The van der Waals surface area contributed by atoms with Gasteiger partial charge in [0, 0.05) is 12.6 Å². The summed E-state index contributed by atoms with van der Waals surface area (Å²) >= 11 is 1.32. The lowest BCUT2D eigenvalue weighted by Crippen LogP contribution is -2.37. The van der Waals surface area contributed by atoms with E-state index >= 15 is 0 Å². The zero-order valence-electron chi connectivity index (χ0n) is 14.0. The summed E-state index contributed by atoms with van der Waals surface area (Å²) in [5.74, 6) is -0.217. The zero-order chi connectivity index (χ0) is 16.2. The van der Waals surface area contributed by atoms with E-state index in [0.717, 1.165) is 24.5 Å². The fourth-order valence-corrected chi connectivity index (χ4v) is 3.63. The highest BCUT2D eigenvalue weighted by molar-refractivity contribution is 7.17. The standard InChI is InChI=1S/C16H28N2O2S/c1-7-12(8-2)18(9-10(3)4)16-17-13(11(5)6)14(21-16)15(19)20/h10-12H,7-9H2,1-6H3,(H,19,20). The Morgan fingerprint density at radius 3 is 2.14 bits per heavy atom. The van der Waals surface area contributed by atoms with Crippen molar-refractivity contribution in [1.82, 2.24) is 4.98 Å². The molecule has 0 aliphatic carbocycles. The Bertz CT molecular complexity index is 465. The van der Waals surface area contributed by atoms with Crippen molar-refractivity contribution in [2.24, 2.45) is 5.92 Å². The molecule has 0 fully saturated rings. The number of rotatable bonds is 8. The van der Waals surface area contributed by atoms with Crippen molar-refractivity contribution >= 4 is 22.4 Å². The molecule has 1 heterocycles. The fourth-order valence-electron chi connectivity index (χ4n) is 2.49. The Hall–Kier alpha value is -1.10. The average molecular weight is 312 g/mol. The van der Waals surface area contributed by atoms with Gasteiger partial charge in [-0.05, 0) is 24.7 Å². The monoisotopic (exact) mass is 312 g/mol. The van der Waals surface area contributed by atoms with Gasteiger partial charge in [-0.25, -0.2) is 9.78 Å². The summed E-state index contributed by atoms with van der Waals surface area (Å²) in [5, 5.41) is 10.3. The summed E-state index contributed by atoms with van der Waals surface area (Å²) in [6.07, 6.45) is 2.09. The van der Waals surface area contributed by atoms with Crippen molar-refractivity contribution in [3.05, 3.63) is 10.6 Å². The van der Waals surface area contributed by atoms with Crippen LogP contribution in [0, 0.1) is 5.92 Å². The molecule has 5 heteroatoms. The van der Waals surface area contributed by atoms with Crippen LogP contribution in [0.1, 0.15) is 75.7 Å². The van der Waals surface area contributed by atoms with Gasteiger partial charge < -0.3 is 10.0 Å². The zero-order valence-corrected chi connectivity index (χ0v) is 14.8. The van der Waals surface area contributed by atoms with Crippen molar-refractivity contribution in [1.29, 1.82) is 0 Å². The number of aromatic carboxylic acids is 1. The van der Waals surface area contributed by atoms with Crippen LogP contribution in [-0.2, 0) is 0 Å². The number of hydrogen-bond acceptors (Lipinski definition) is 4. The molecule has 1 aromatic heterocycles. The molecule has 0 aliphatic rings. The second kappa shape index (κ2) is 7.78. The Morgan fingerprint density at radius 2 is 1.81 bits per heavy atom. The maximum absolute atomic E-state index is 11.4. The molecule has 0 aliphatic heterocycles. The van der Waals surface area contributed by atoms with E-state index in [4.69, 9.17) is 0 Å². The van der Waals surface area contributed by atoms with Crippen molar-refractivity contribution in [2.45, 2.75) is 66.3 Å². The van der Waals surface area contributed by atoms with Crippen LogP contribution in [0.2, 0.25) is 0 Å². The predicted octanol–water partition coefficient (Wildman–Crippen LogP) is 4.62. The first kappa shape index (κ1) is 18.0. The molecule has 1 rings (SSSR count). The Balaban J connectivity index is 3.24. The van der Waals surface area contributed by atoms with Crippen LogP contribution in [0.3, 0.4) is 0 Å². The van der Waals surface area contributed by atoms with Gasteiger partial charge in [-0.2, -0.15) is 0 Å². The number of carboxylic acid groups (broad SMARTS) is 1. The van der Waals surface area contributed by atoms with Crippen molar-refractivity contribution < 1.29 is 9.90 Å². The Morgan fingerprint density at radius 1 is 1.24 bits per heavy atom. The highest BCUT2D eigenvalue weighted by atomic mass is 32.1. The normalized spacial score (nSPS) is 11.7. The Labute approximate surface area is 132 Å². The van der Waals surface area contributed by atoms with Crippen LogP contribution >= 0.6 is 11.3 Å². The molecule has 0 radical (unpaired) electrons. The van der Waals surface area contributed by atoms with E-state index in [-0.39, 0.29) is 5.92 Å². The van der Waals surface area contributed by atoms with E-state index < -0.39 is 5.97 Å². The number of anilines is 1. The minimum Gasteiger partial charge on any atom is -0.477 e. The second-order valence-corrected chi connectivity index (χ2v) is 7.16. The number of nitrogens with zero attached hydrogens (tertiary/aromatic N) is 2. The summed E-state index contributed by atoms with van der Waals surface area (Å²) < 4.78 is 0. The maximum atomic E-state index is 11.4. The van der Waals surface area contributed by atoms with Gasteiger partial charge in [0.15, 0.2) is 5.13 Å². The third kappa shape index (κ3) is 4.43. The first-order valence-electron chi connectivity index (χ1n) is 7.82. The molecule has 0 spiro atoms. The highest BCUT2D eigenvalue weighted by Crippen LogP contribution is 2.33. The minimum absolute atomic E-state index is 0.128. The highest BCUT2D eigenvalue weighted by Gasteiger charge is 2.25. The van der Waals surface area contributed by atoms with Gasteiger partial charge in [-0.15, -0.1) is 0 Å². The van der Waals surface area contributed by atoms with Crippen LogP contribution in [0.25, 0.3) is 0 Å². The van der Waals surface area contributed by atoms with Gasteiger partial charge in [0.25, 0.3) is 0 Å². The van der Waals surface area contributed by atoms with Crippen LogP contribution < -0.4 is 4.90 Å². The molecule has 0 aromatic carbocycles. The van der Waals surface area contributed by atoms with E-state index in [0.29, 0.717) is 22.5 Å². The molecule has 0 saturated heterocycles. The van der Waals surface area contributed by atoms with Crippen molar-refractivity contribution in [2.75, 3.05) is 11.4 Å². The first-order chi connectivity index (χ1) is 9.81. The third-order valence-electron chi connectivity index (χ3n) is 3.57. The predicted molar refractivity (Wildman–Crippen MR) is 89.7 cm³/mol. The van der Waals surface area contributed by atoms with Gasteiger partial charge in [0.1, 0.15) is 4.88 Å². The fraction of sp³-hybridized carbons (Fsp3) is 0.750. The Kier molecular flexibility index (Phi) is 6.65. The lowest BCUT2D eigenvalue weighted by Gasteiger charge is -2.31. The van der Waals surface area contributed by atoms with Gasteiger partial charge in [-0.3, -0.25) is 0 Å². The van der Waals surface area contributed by atoms with Crippen molar-refractivity contribution in [3.8, 4) is 0 Å². The van der Waals surface area contributed by atoms with E-state index in [1.54, 1.807) is 0 Å². The molecule has 21 heavy (non-hydrogen) atoms. The second-order valence-electron chi connectivity index (χ2n) is 6.19. The molecule has 0 bridgehead atoms. The number of carbonyl (C=O) groups is 1. The number of carboxylic acids is 1. The molecule has 0 saturated carbocycles. The largest absolute Gasteiger partial charge is 0.477 e. The summed E-state index contributed by atoms with van der Waals surface area (Å²) in [6, 6.07) is 0.417. The summed E-state index contributed by atoms with van der Waals surface area (Å²) in [5.41, 5.74) is 0.710. The van der Waals surface area contributed by atoms with Crippen LogP contribution in [0.5, 0.6) is 0 Å². The number of hydrogen-bond donors (Lipinski definition) is 1. The molecule has 0 unspecified atom stereocenters. The lowest BCUT2D eigenvalue weighted by molar-refractivity contribution is 0.0700. The molecular weight excluding hydrogens is 284 g/mol. The molecule has 4 nitrogen and oxygen atoms in total. The summed E-state index contributed by atoms with van der Waals surface area (Å²) in [6.45, 7) is 13.6. The molecule has 0 amide bonds. The van der Waals surface area contributed by atoms with E-state index in [1.165, 1.54) is 11.3 Å². The molecule has 1 N–H and O–H groups in total. The van der Waals surface area contributed by atoms with Crippen molar-refractivity contribution in [3.63, 3.8) is 0 Å². The molecular formula is C16H28N2O2S. The quantitative estimate of drug-likeness (QED) is 0.761. The maximum Gasteiger partial charge on any atom is 0.347 e. The van der Waals surface area contributed by atoms with Crippen LogP contribution in [-0.4, -0.2) is 28.6 Å². The van der Waals surface area contributed by atoms with Gasteiger partial charge >= 0.3 is 5.97 Å².